The number of nitrogens with one attached hydrogen (secondary N) is 1. The van der Waals surface area contributed by atoms with Crippen LogP contribution >= 0.6 is 11.6 Å². The number of methoxy groups -OCH3 is 1. The van der Waals surface area contributed by atoms with Crippen molar-refractivity contribution in [2.45, 2.75) is 18.4 Å². The van der Waals surface area contributed by atoms with Crippen molar-refractivity contribution >= 4 is 21.6 Å². The summed E-state index contributed by atoms with van der Waals surface area (Å²) in [6.45, 7) is 2.03. The highest BCUT2D eigenvalue weighted by Crippen LogP contribution is 2.20. The Morgan fingerprint density at radius 1 is 1.14 bits per heavy atom. The molecule has 0 aliphatic rings. The molecular weight excluding hydrogens is 310 g/mol. The second kappa shape index (κ2) is 6.47. The Kier molecular flexibility index (Phi) is 4.88. The van der Waals surface area contributed by atoms with Crippen molar-refractivity contribution in [1.29, 1.82) is 0 Å². The molecule has 0 heterocycles. The van der Waals surface area contributed by atoms with Crippen molar-refractivity contribution in [2.75, 3.05) is 7.11 Å². The van der Waals surface area contributed by atoms with E-state index in [0.717, 1.165) is 16.9 Å². The number of benzene rings is 2. The fourth-order valence-corrected chi connectivity index (χ4v) is 3.03. The average Bonchev–Trinajstić information content (AvgIpc) is 2.48. The van der Waals surface area contributed by atoms with Gasteiger partial charge in [-0.3, -0.25) is 0 Å². The first-order valence-corrected chi connectivity index (χ1v) is 8.17. The molecular formula is C15H16ClNO3S. The molecule has 112 valence electrons. The van der Waals surface area contributed by atoms with Crippen LogP contribution in [-0.2, 0) is 16.6 Å². The summed E-state index contributed by atoms with van der Waals surface area (Å²) in [4.78, 5) is 0.159. The molecule has 0 aliphatic carbocycles. The molecule has 0 amide bonds. The molecule has 2 rings (SSSR count). The van der Waals surface area contributed by atoms with E-state index < -0.39 is 10.0 Å². The van der Waals surface area contributed by atoms with Crippen LogP contribution in [0.1, 0.15) is 11.1 Å². The van der Waals surface area contributed by atoms with Gasteiger partial charge >= 0.3 is 0 Å². The average molecular weight is 326 g/mol. The highest BCUT2D eigenvalue weighted by molar-refractivity contribution is 7.89. The Bertz CT molecular complexity index is 727. The Morgan fingerprint density at radius 3 is 2.38 bits per heavy atom. The van der Waals surface area contributed by atoms with Crippen LogP contribution in [0.25, 0.3) is 0 Å². The second-order valence-corrected chi connectivity index (χ2v) is 6.76. The van der Waals surface area contributed by atoms with Crippen molar-refractivity contribution in [3.8, 4) is 5.75 Å². The summed E-state index contributed by atoms with van der Waals surface area (Å²) in [5.41, 5.74) is 1.68. The van der Waals surface area contributed by atoms with Crippen LogP contribution < -0.4 is 9.46 Å². The van der Waals surface area contributed by atoms with E-state index in [9.17, 15) is 8.42 Å². The van der Waals surface area contributed by atoms with Gasteiger partial charge < -0.3 is 4.74 Å². The van der Waals surface area contributed by atoms with Crippen LogP contribution in [0.5, 0.6) is 5.75 Å². The molecule has 2 aromatic carbocycles. The minimum atomic E-state index is -3.58. The van der Waals surface area contributed by atoms with E-state index in [2.05, 4.69) is 4.72 Å². The summed E-state index contributed by atoms with van der Waals surface area (Å²) >= 11 is 5.96. The lowest BCUT2D eigenvalue weighted by Crippen LogP contribution is -2.23. The maximum atomic E-state index is 12.2. The van der Waals surface area contributed by atoms with Gasteiger partial charge in [-0.15, -0.1) is 0 Å². The molecule has 2 aromatic rings. The zero-order valence-corrected chi connectivity index (χ0v) is 13.3. The standard InChI is InChI=1S/C15H16ClNO3S/c1-11-3-8-14(9-15(11)16)21(18,19)17-10-12-4-6-13(20-2)7-5-12/h3-9,17H,10H2,1-2H3. The second-order valence-electron chi connectivity index (χ2n) is 4.58. The van der Waals surface area contributed by atoms with E-state index in [4.69, 9.17) is 16.3 Å². The molecule has 0 aromatic heterocycles. The van der Waals surface area contributed by atoms with E-state index in [0.29, 0.717) is 5.02 Å². The summed E-state index contributed by atoms with van der Waals surface area (Å²) < 4.78 is 32.0. The molecule has 6 heteroatoms. The first kappa shape index (κ1) is 15.8. The minimum Gasteiger partial charge on any atom is -0.497 e. The van der Waals surface area contributed by atoms with E-state index in [1.165, 1.54) is 12.1 Å². The third-order valence-corrected chi connectivity index (χ3v) is 4.89. The van der Waals surface area contributed by atoms with E-state index in [-0.39, 0.29) is 11.4 Å². The third kappa shape index (κ3) is 3.97. The summed E-state index contributed by atoms with van der Waals surface area (Å²) in [5, 5.41) is 0.433. The molecule has 0 atom stereocenters. The van der Waals surface area contributed by atoms with Crippen molar-refractivity contribution in [1.82, 2.24) is 4.72 Å². The zero-order chi connectivity index (χ0) is 15.5. The highest BCUT2D eigenvalue weighted by atomic mass is 35.5. The van der Waals surface area contributed by atoms with E-state index in [1.807, 2.05) is 19.1 Å². The van der Waals surface area contributed by atoms with Crippen molar-refractivity contribution in [3.05, 3.63) is 58.6 Å². The fraction of sp³-hybridized carbons (Fsp3) is 0.200. The van der Waals surface area contributed by atoms with Gasteiger partial charge in [0.2, 0.25) is 10.0 Å². The molecule has 21 heavy (non-hydrogen) atoms. The number of hydrogen-bond acceptors (Lipinski definition) is 3. The molecule has 0 fully saturated rings. The Morgan fingerprint density at radius 2 is 1.81 bits per heavy atom. The van der Waals surface area contributed by atoms with Crippen LogP contribution in [0, 0.1) is 6.92 Å². The predicted octanol–water partition coefficient (Wildman–Crippen LogP) is 3.14. The predicted molar refractivity (Wildman–Crippen MR) is 83.2 cm³/mol. The first-order valence-electron chi connectivity index (χ1n) is 6.31. The van der Waals surface area contributed by atoms with Crippen molar-refractivity contribution in [3.63, 3.8) is 0 Å². The molecule has 0 spiro atoms. The molecule has 0 saturated carbocycles. The van der Waals surface area contributed by atoms with Crippen LogP contribution in [0.3, 0.4) is 0 Å². The van der Waals surface area contributed by atoms with Gasteiger partial charge in [-0.25, -0.2) is 13.1 Å². The van der Waals surface area contributed by atoms with Gasteiger partial charge in [0.25, 0.3) is 0 Å². The number of ether oxygens (including phenoxy) is 1. The minimum absolute atomic E-state index is 0.159. The Labute approximate surface area is 129 Å². The summed E-state index contributed by atoms with van der Waals surface area (Å²) in [5.74, 6) is 0.729. The SMILES string of the molecule is COc1ccc(CNS(=O)(=O)c2ccc(C)c(Cl)c2)cc1. The monoisotopic (exact) mass is 325 g/mol. The summed E-state index contributed by atoms with van der Waals surface area (Å²) in [7, 11) is -2.00. The van der Waals surface area contributed by atoms with Crippen LogP contribution in [0.15, 0.2) is 47.4 Å². The smallest absolute Gasteiger partial charge is 0.240 e. The van der Waals surface area contributed by atoms with Crippen molar-refractivity contribution < 1.29 is 13.2 Å². The number of sulfonamides is 1. The molecule has 0 radical (unpaired) electrons. The summed E-state index contributed by atoms with van der Waals surface area (Å²) in [6, 6.07) is 11.9. The number of hydrogen-bond donors (Lipinski definition) is 1. The lowest BCUT2D eigenvalue weighted by molar-refractivity contribution is 0.414. The van der Waals surface area contributed by atoms with Gasteiger partial charge in [-0.1, -0.05) is 29.8 Å². The Hall–Kier alpha value is -1.56. The van der Waals surface area contributed by atoms with Gasteiger partial charge in [0.05, 0.1) is 12.0 Å². The number of rotatable bonds is 5. The Balaban J connectivity index is 2.11. The van der Waals surface area contributed by atoms with Crippen LogP contribution in [0.2, 0.25) is 5.02 Å². The fourth-order valence-electron chi connectivity index (χ4n) is 1.75. The molecule has 1 N–H and O–H groups in total. The van der Waals surface area contributed by atoms with E-state index in [1.54, 1.807) is 25.3 Å². The molecule has 0 bridgehead atoms. The van der Waals surface area contributed by atoms with Crippen LogP contribution in [0.4, 0.5) is 0 Å². The maximum absolute atomic E-state index is 12.2. The van der Waals surface area contributed by atoms with Gasteiger partial charge in [-0.2, -0.15) is 0 Å². The lowest BCUT2D eigenvalue weighted by Gasteiger charge is -2.08. The molecule has 0 unspecified atom stereocenters. The van der Waals surface area contributed by atoms with Crippen molar-refractivity contribution in [2.24, 2.45) is 0 Å². The highest BCUT2D eigenvalue weighted by Gasteiger charge is 2.14. The van der Waals surface area contributed by atoms with Gasteiger partial charge in [0, 0.05) is 11.6 Å². The number of halogens is 1. The van der Waals surface area contributed by atoms with Gasteiger partial charge in [-0.05, 0) is 42.3 Å². The largest absolute Gasteiger partial charge is 0.497 e. The number of aryl methyl sites for hydroxylation is 1. The quantitative estimate of drug-likeness (QED) is 0.918. The third-order valence-electron chi connectivity index (χ3n) is 3.08. The molecule has 0 aliphatic heterocycles. The van der Waals surface area contributed by atoms with Gasteiger partial charge in [0.15, 0.2) is 0 Å². The molecule has 4 nitrogen and oxygen atoms in total. The topological polar surface area (TPSA) is 55.4 Å². The molecule has 0 saturated heterocycles. The summed E-state index contributed by atoms with van der Waals surface area (Å²) in [6.07, 6.45) is 0. The normalized spacial score (nSPS) is 11.4. The first-order chi connectivity index (χ1) is 9.92. The maximum Gasteiger partial charge on any atom is 0.240 e. The van der Waals surface area contributed by atoms with Crippen LogP contribution in [-0.4, -0.2) is 15.5 Å². The van der Waals surface area contributed by atoms with E-state index >= 15 is 0 Å². The lowest BCUT2D eigenvalue weighted by atomic mass is 10.2. The van der Waals surface area contributed by atoms with Gasteiger partial charge in [0.1, 0.15) is 5.75 Å². The zero-order valence-electron chi connectivity index (χ0n) is 11.8.